The summed E-state index contributed by atoms with van der Waals surface area (Å²) >= 11 is 0. The lowest BCUT2D eigenvalue weighted by atomic mass is 10.2. The number of anilines is 1. The van der Waals surface area contributed by atoms with E-state index >= 15 is 0 Å². The Morgan fingerprint density at radius 1 is 0.900 bits per heavy atom. The van der Waals surface area contributed by atoms with E-state index in [1.54, 1.807) is 24.3 Å². The Kier molecular flexibility index (Phi) is 5.11. The van der Waals surface area contributed by atoms with E-state index in [4.69, 9.17) is 0 Å². The van der Waals surface area contributed by atoms with Crippen LogP contribution in [0.1, 0.15) is 10.4 Å². The van der Waals surface area contributed by atoms with Gasteiger partial charge in [0, 0.05) is 17.4 Å². The molecular formula is C21H14FN4O3S-. The third-order valence-corrected chi connectivity index (χ3v) is 5.46. The molecular weight excluding hydrogens is 407 g/mol. The van der Waals surface area contributed by atoms with Crippen LogP contribution in [0.2, 0.25) is 0 Å². The van der Waals surface area contributed by atoms with Gasteiger partial charge in [0.1, 0.15) is 5.82 Å². The standard InChI is InChI=1S/C21H15FN4O3S/c22-15-7-5-14(6-8-15)21(27)24-16-9-11-17(12-10-16)30(28,29)26-20-13-23-18-3-1-2-4-19(18)25-20/h1-13H,(H2,24,25,26,27)/p-1. The first-order valence-corrected chi connectivity index (χ1v) is 10.2. The fourth-order valence-electron chi connectivity index (χ4n) is 2.68. The molecule has 1 N–H and O–H groups in total. The van der Waals surface area contributed by atoms with Gasteiger partial charge < -0.3 is 15.0 Å². The molecule has 1 heterocycles. The van der Waals surface area contributed by atoms with Crippen LogP contribution >= 0.6 is 0 Å². The van der Waals surface area contributed by atoms with Crippen LogP contribution in [0.25, 0.3) is 15.8 Å². The summed E-state index contributed by atoms with van der Waals surface area (Å²) in [7, 11) is -4.02. The van der Waals surface area contributed by atoms with Crippen molar-refractivity contribution in [1.82, 2.24) is 9.97 Å². The average Bonchev–Trinajstić information content (AvgIpc) is 2.74. The summed E-state index contributed by atoms with van der Waals surface area (Å²) in [5.74, 6) is -0.912. The van der Waals surface area contributed by atoms with Gasteiger partial charge in [-0.05, 0) is 65.9 Å². The number of fused-ring (bicyclic) bond motifs is 1. The van der Waals surface area contributed by atoms with Crippen molar-refractivity contribution in [2.45, 2.75) is 4.90 Å². The van der Waals surface area contributed by atoms with Crippen LogP contribution in [0.3, 0.4) is 0 Å². The topological polar surface area (TPSA) is 103 Å². The van der Waals surface area contributed by atoms with Crippen LogP contribution in [0.4, 0.5) is 15.9 Å². The Morgan fingerprint density at radius 2 is 1.57 bits per heavy atom. The second-order valence-corrected chi connectivity index (χ2v) is 7.87. The summed E-state index contributed by atoms with van der Waals surface area (Å²) in [6.07, 6.45) is 1.29. The van der Waals surface area contributed by atoms with Gasteiger partial charge in [-0.2, -0.15) is 0 Å². The highest BCUT2D eigenvalue weighted by Crippen LogP contribution is 2.27. The van der Waals surface area contributed by atoms with E-state index < -0.39 is 21.7 Å². The van der Waals surface area contributed by atoms with Crippen molar-refractivity contribution in [2.24, 2.45) is 0 Å². The number of rotatable bonds is 5. The summed E-state index contributed by atoms with van der Waals surface area (Å²) in [6, 6.07) is 17.7. The molecule has 0 atom stereocenters. The molecule has 0 fully saturated rings. The summed E-state index contributed by atoms with van der Waals surface area (Å²) in [4.78, 5) is 20.5. The van der Waals surface area contributed by atoms with Gasteiger partial charge in [0.2, 0.25) is 10.0 Å². The number of hydrogen-bond donors (Lipinski definition) is 1. The molecule has 30 heavy (non-hydrogen) atoms. The van der Waals surface area contributed by atoms with E-state index in [1.165, 1.54) is 54.7 Å². The minimum atomic E-state index is -4.02. The van der Waals surface area contributed by atoms with Gasteiger partial charge in [-0.1, -0.05) is 18.2 Å². The number of nitrogens with zero attached hydrogens (tertiary/aromatic N) is 3. The van der Waals surface area contributed by atoms with Gasteiger partial charge in [0.25, 0.3) is 5.91 Å². The van der Waals surface area contributed by atoms with Crippen molar-refractivity contribution >= 4 is 38.5 Å². The largest absolute Gasteiger partial charge is 0.433 e. The van der Waals surface area contributed by atoms with Gasteiger partial charge in [-0.25, -0.2) is 12.8 Å². The number of benzene rings is 3. The Labute approximate surface area is 171 Å². The Morgan fingerprint density at radius 3 is 2.27 bits per heavy atom. The van der Waals surface area contributed by atoms with Gasteiger partial charge in [0.05, 0.1) is 10.4 Å². The average molecular weight is 421 g/mol. The number of carbonyl (C=O) groups excluding carboxylic acids is 1. The smallest absolute Gasteiger partial charge is 0.255 e. The van der Waals surface area contributed by atoms with Crippen LogP contribution < -0.4 is 5.32 Å². The number of hydrogen-bond acceptors (Lipinski definition) is 5. The number of carbonyl (C=O) groups is 1. The van der Waals surface area contributed by atoms with Crippen LogP contribution in [0.5, 0.6) is 0 Å². The minimum absolute atomic E-state index is 0.0256. The van der Waals surface area contributed by atoms with Crippen molar-refractivity contribution in [3.8, 4) is 0 Å². The van der Waals surface area contributed by atoms with Crippen molar-refractivity contribution in [1.29, 1.82) is 0 Å². The lowest BCUT2D eigenvalue weighted by Crippen LogP contribution is -2.11. The van der Waals surface area contributed by atoms with Gasteiger partial charge in [-0.3, -0.25) is 9.78 Å². The number of para-hydroxylation sites is 2. The third kappa shape index (κ3) is 4.26. The van der Waals surface area contributed by atoms with Crippen molar-refractivity contribution in [2.75, 3.05) is 5.32 Å². The van der Waals surface area contributed by atoms with E-state index in [1.807, 2.05) is 0 Å². The van der Waals surface area contributed by atoms with Crippen molar-refractivity contribution < 1.29 is 17.6 Å². The van der Waals surface area contributed by atoms with Crippen molar-refractivity contribution in [3.63, 3.8) is 0 Å². The molecule has 4 rings (SSSR count). The third-order valence-electron chi connectivity index (χ3n) is 4.17. The summed E-state index contributed by atoms with van der Waals surface area (Å²) in [6.45, 7) is 0. The molecule has 9 heteroatoms. The lowest BCUT2D eigenvalue weighted by Gasteiger charge is -2.16. The quantitative estimate of drug-likeness (QED) is 0.514. The van der Waals surface area contributed by atoms with E-state index in [-0.39, 0.29) is 16.3 Å². The zero-order chi connectivity index (χ0) is 21.1. The zero-order valence-corrected chi connectivity index (χ0v) is 16.2. The molecule has 3 aromatic carbocycles. The number of amides is 1. The summed E-state index contributed by atoms with van der Waals surface area (Å²) in [5, 5.41) is 2.62. The van der Waals surface area contributed by atoms with Crippen LogP contribution in [0, 0.1) is 5.82 Å². The Balaban J connectivity index is 1.49. The fourth-order valence-corrected chi connectivity index (χ4v) is 3.60. The van der Waals surface area contributed by atoms with Crippen LogP contribution in [-0.4, -0.2) is 24.3 Å². The fraction of sp³-hybridized carbons (Fsp3) is 0. The maximum Gasteiger partial charge on any atom is 0.255 e. The first-order chi connectivity index (χ1) is 14.4. The van der Waals surface area contributed by atoms with Crippen LogP contribution in [0.15, 0.2) is 83.9 Å². The lowest BCUT2D eigenvalue weighted by molar-refractivity contribution is 0.102. The van der Waals surface area contributed by atoms with Gasteiger partial charge in [-0.15, -0.1) is 0 Å². The van der Waals surface area contributed by atoms with Gasteiger partial charge >= 0.3 is 0 Å². The summed E-state index contributed by atoms with van der Waals surface area (Å²) in [5.41, 5.74) is 1.83. The molecule has 7 nitrogen and oxygen atoms in total. The SMILES string of the molecule is O=C(Nc1ccc(S(=O)(=O)[N-]c2cnc3ccccc3n2)cc1)c1ccc(F)cc1. The number of sulfonamides is 1. The molecule has 1 amide bonds. The highest BCUT2D eigenvalue weighted by atomic mass is 32.2. The molecule has 0 spiro atoms. The molecule has 0 aliphatic heterocycles. The summed E-state index contributed by atoms with van der Waals surface area (Å²) < 4.78 is 41.8. The molecule has 1 aromatic heterocycles. The molecule has 150 valence electrons. The monoisotopic (exact) mass is 421 g/mol. The van der Waals surface area contributed by atoms with E-state index in [9.17, 15) is 17.6 Å². The predicted molar refractivity (Wildman–Crippen MR) is 111 cm³/mol. The number of nitrogens with one attached hydrogen (secondary N) is 1. The molecule has 0 aliphatic rings. The maximum atomic E-state index is 13.0. The number of halogens is 1. The molecule has 0 saturated heterocycles. The Hall–Kier alpha value is -3.85. The van der Waals surface area contributed by atoms with E-state index in [2.05, 4.69) is 20.0 Å². The molecule has 0 saturated carbocycles. The highest BCUT2D eigenvalue weighted by Gasteiger charge is 2.11. The molecule has 0 aliphatic carbocycles. The Bertz CT molecular complexity index is 1320. The number of aromatic nitrogens is 2. The van der Waals surface area contributed by atoms with Crippen LogP contribution in [-0.2, 0) is 10.0 Å². The predicted octanol–water partition coefficient (Wildman–Crippen LogP) is 4.42. The first-order valence-electron chi connectivity index (χ1n) is 8.77. The van der Waals surface area contributed by atoms with E-state index in [0.717, 1.165) is 0 Å². The molecule has 0 bridgehead atoms. The zero-order valence-electron chi connectivity index (χ0n) is 15.4. The molecule has 0 radical (unpaired) electrons. The minimum Gasteiger partial charge on any atom is -0.433 e. The van der Waals surface area contributed by atoms with E-state index in [0.29, 0.717) is 16.7 Å². The second kappa shape index (κ2) is 7.88. The normalized spacial score (nSPS) is 11.2. The first kappa shape index (κ1) is 19.5. The van der Waals surface area contributed by atoms with Crippen molar-refractivity contribution in [3.05, 3.63) is 95.1 Å². The molecule has 0 unspecified atom stereocenters. The highest BCUT2D eigenvalue weighted by molar-refractivity contribution is 7.94. The second-order valence-electron chi connectivity index (χ2n) is 6.27. The maximum absolute atomic E-state index is 13.0. The van der Waals surface area contributed by atoms with Gasteiger partial charge in [0.15, 0.2) is 0 Å². The molecule has 4 aromatic rings.